The van der Waals surface area contributed by atoms with Gasteiger partial charge in [-0.15, -0.1) is 0 Å². The van der Waals surface area contributed by atoms with Gasteiger partial charge in [-0.2, -0.15) is 0 Å². The lowest BCUT2D eigenvalue weighted by Gasteiger charge is -2.34. The molecule has 1 rings (SSSR count). The van der Waals surface area contributed by atoms with Gasteiger partial charge in [0.2, 0.25) is 0 Å². The third-order valence-electron chi connectivity index (χ3n) is 2.67. The molecule has 0 aromatic carbocycles. The number of hydrogen-bond donors (Lipinski definition) is 0. The van der Waals surface area contributed by atoms with E-state index in [2.05, 4.69) is 0 Å². The lowest BCUT2D eigenvalue weighted by Crippen LogP contribution is -2.42. The summed E-state index contributed by atoms with van der Waals surface area (Å²) in [4.78, 5) is 11.5. The monoisotopic (exact) mass is 184 g/mol. The molecule has 1 aliphatic carbocycles. The zero-order valence-electron chi connectivity index (χ0n) is 8.37. The smallest absolute Gasteiger partial charge is 0.314 e. The van der Waals surface area contributed by atoms with Crippen molar-refractivity contribution >= 4 is 5.97 Å². The molecule has 0 aromatic rings. The van der Waals surface area contributed by atoms with Crippen LogP contribution in [0.25, 0.3) is 0 Å². The number of rotatable bonds is 2. The highest BCUT2D eigenvalue weighted by Crippen LogP contribution is 2.35. The van der Waals surface area contributed by atoms with Gasteiger partial charge in [0, 0.05) is 7.11 Å². The minimum atomic E-state index is -0.516. The number of methoxy groups -OCH3 is 2. The van der Waals surface area contributed by atoms with Gasteiger partial charge in [0.05, 0.1) is 18.6 Å². The van der Waals surface area contributed by atoms with Gasteiger partial charge in [0.15, 0.2) is 0 Å². The van der Waals surface area contributed by atoms with Crippen LogP contribution in [0.5, 0.6) is 0 Å². The van der Waals surface area contributed by atoms with Gasteiger partial charge in [0.1, 0.15) is 0 Å². The Hall–Kier alpha value is -0.830. The Bertz CT molecular complexity index is 222. The highest BCUT2D eigenvalue weighted by molar-refractivity contribution is 5.77. The molecule has 0 heterocycles. The second-order valence-electron chi connectivity index (χ2n) is 3.53. The maximum atomic E-state index is 11.5. The molecule has 3 heteroatoms. The van der Waals surface area contributed by atoms with Crippen LogP contribution < -0.4 is 0 Å². The zero-order valence-corrected chi connectivity index (χ0v) is 8.37. The van der Waals surface area contributed by atoms with Crippen LogP contribution in [0.15, 0.2) is 12.2 Å². The van der Waals surface area contributed by atoms with E-state index in [1.165, 1.54) is 7.11 Å². The van der Waals surface area contributed by atoms with Crippen molar-refractivity contribution in [2.24, 2.45) is 5.41 Å². The van der Waals surface area contributed by atoms with Gasteiger partial charge in [-0.05, 0) is 19.8 Å². The predicted molar refractivity (Wildman–Crippen MR) is 49.3 cm³/mol. The molecular weight excluding hydrogens is 168 g/mol. The molecule has 0 aromatic heterocycles. The number of esters is 1. The number of allylic oxidation sites excluding steroid dienone is 1. The highest BCUT2D eigenvalue weighted by atomic mass is 16.5. The minimum absolute atomic E-state index is 0.159. The standard InChI is InChI=1S/C10H16O3/c1-10(9(11)13-3)7-5-4-6-8(10)12-2/h4,6,8H,5,7H2,1-3H3/t8-,10+/m1/s1. The average Bonchev–Trinajstić information content (AvgIpc) is 2.17. The van der Waals surface area contributed by atoms with E-state index < -0.39 is 5.41 Å². The van der Waals surface area contributed by atoms with Crippen LogP contribution in [-0.2, 0) is 14.3 Å². The molecule has 0 unspecified atom stereocenters. The summed E-state index contributed by atoms with van der Waals surface area (Å²) in [6, 6.07) is 0. The van der Waals surface area contributed by atoms with E-state index in [0.717, 1.165) is 12.8 Å². The van der Waals surface area contributed by atoms with Crippen molar-refractivity contribution in [2.75, 3.05) is 14.2 Å². The van der Waals surface area contributed by atoms with Crippen molar-refractivity contribution in [3.63, 3.8) is 0 Å². The Morgan fingerprint density at radius 2 is 2.23 bits per heavy atom. The van der Waals surface area contributed by atoms with Crippen molar-refractivity contribution in [3.8, 4) is 0 Å². The highest BCUT2D eigenvalue weighted by Gasteiger charge is 2.42. The maximum absolute atomic E-state index is 11.5. The van der Waals surface area contributed by atoms with Gasteiger partial charge in [0.25, 0.3) is 0 Å². The number of carbonyl (C=O) groups is 1. The van der Waals surface area contributed by atoms with Crippen molar-refractivity contribution in [1.29, 1.82) is 0 Å². The summed E-state index contributed by atoms with van der Waals surface area (Å²) < 4.78 is 10.0. The first-order valence-electron chi connectivity index (χ1n) is 4.43. The van der Waals surface area contributed by atoms with Crippen molar-refractivity contribution < 1.29 is 14.3 Å². The van der Waals surface area contributed by atoms with Gasteiger partial charge in [-0.1, -0.05) is 12.2 Å². The third-order valence-corrected chi connectivity index (χ3v) is 2.67. The molecule has 74 valence electrons. The fourth-order valence-corrected chi connectivity index (χ4v) is 1.75. The fourth-order valence-electron chi connectivity index (χ4n) is 1.75. The summed E-state index contributed by atoms with van der Waals surface area (Å²) >= 11 is 0. The molecule has 3 nitrogen and oxygen atoms in total. The molecule has 13 heavy (non-hydrogen) atoms. The molecule has 2 atom stereocenters. The Kier molecular flexibility index (Phi) is 3.09. The molecule has 0 amide bonds. The van der Waals surface area contributed by atoms with Crippen molar-refractivity contribution in [2.45, 2.75) is 25.9 Å². The van der Waals surface area contributed by atoms with E-state index in [1.54, 1.807) is 7.11 Å². The molecule has 0 radical (unpaired) electrons. The van der Waals surface area contributed by atoms with E-state index in [-0.39, 0.29) is 12.1 Å². The van der Waals surface area contributed by atoms with E-state index in [1.807, 2.05) is 19.1 Å². The number of carbonyl (C=O) groups excluding carboxylic acids is 1. The van der Waals surface area contributed by atoms with E-state index in [0.29, 0.717) is 0 Å². The van der Waals surface area contributed by atoms with Gasteiger partial charge in [-0.25, -0.2) is 0 Å². The SMILES string of the molecule is COC(=O)[C@@]1(C)CCC=C[C@H]1OC. The summed E-state index contributed by atoms with van der Waals surface area (Å²) in [5.41, 5.74) is -0.516. The van der Waals surface area contributed by atoms with Gasteiger partial charge >= 0.3 is 5.97 Å². The Morgan fingerprint density at radius 3 is 2.77 bits per heavy atom. The second-order valence-corrected chi connectivity index (χ2v) is 3.53. The van der Waals surface area contributed by atoms with Crippen LogP contribution >= 0.6 is 0 Å². The minimum Gasteiger partial charge on any atom is -0.469 e. The van der Waals surface area contributed by atoms with Crippen LogP contribution in [0.1, 0.15) is 19.8 Å². The lowest BCUT2D eigenvalue weighted by atomic mass is 9.76. The average molecular weight is 184 g/mol. The van der Waals surface area contributed by atoms with Gasteiger partial charge in [-0.3, -0.25) is 4.79 Å². The molecule has 0 saturated heterocycles. The molecule has 1 aliphatic rings. The maximum Gasteiger partial charge on any atom is 0.314 e. The van der Waals surface area contributed by atoms with Crippen LogP contribution in [0.4, 0.5) is 0 Å². The zero-order chi connectivity index (χ0) is 9.90. The van der Waals surface area contributed by atoms with Crippen LogP contribution in [0.3, 0.4) is 0 Å². The van der Waals surface area contributed by atoms with Crippen molar-refractivity contribution in [1.82, 2.24) is 0 Å². The van der Waals surface area contributed by atoms with E-state index >= 15 is 0 Å². The number of hydrogen-bond acceptors (Lipinski definition) is 3. The van der Waals surface area contributed by atoms with Crippen LogP contribution in [0, 0.1) is 5.41 Å². The molecule has 0 saturated carbocycles. The van der Waals surface area contributed by atoms with Crippen LogP contribution in [0.2, 0.25) is 0 Å². The van der Waals surface area contributed by atoms with Gasteiger partial charge < -0.3 is 9.47 Å². The molecule has 0 bridgehead atoms. The lowest BCUT2D eigenvalue weighted by molar-refractivity contribution is -0.159. The molecule has 0 aliphatic heterocycles. The fraction of sp³-hybridized carbons (Fsp3) is 0.700. The van der Waals surface area contributed by atoms with E-state index in [9.17, 15) is 4.79 Å². The normalized spacial score (nSPS) is 33.0. The summed E-state index contributed by atoms with van der Waals surface area (Å²) in [5.74, 6) is -0.191. The third kappa shape index (κ3) is 1.75. The number of ether oxygens (including phenoxy) is 2. The summed E-state index contributed by atoms with van der Waals surface area (Å²) in [5, 5.41) is 0. The first-order chi connectivity index (χ1) is 6.15. The second kappa shape index (κ2) is 3.92. The first-order valence-corrected chi connectivity index (χ1v) is 4.43. The summed E-state index contributed by atoms with van der Waals surface area (Å²) in [6.07, 6.45) is 5.51. The quantitative estimate of drug-likeness (QED) is 0.482. The topological polar surface area (TPSA) is 35.5 Å². The van der Waals surface area contributed by atoms with E-state index in [4.69, 9.17) is 9.47 Å². The Labute approximate surface area is 78.7 Å². The van der Waals surface area contributed by atoms with Crippen molar-refractivity contribution in [3.05, 3.63) is 12.2 Å². The molecular formula is C10H16O3. The Morgan fingerprint density at radius 1 is 1.54 bits per heavy atom. The predicted octanol–water partition coefficient (Wildman–Crippen LogP) is 1.53. The molecule has 0 spiro atoms. The summed E-state index contributed by atoms with van der Waals surface area (Å²) in [7, 11) is 3.03. The van der Waals surface area contributed by atoms with Crippen LogP contribution in [-0.4, -0.2) is 26.3 Å². The Balaban J connectivity index is 2.85. The summed E-state index contributed by atoms with van der Waals surface area (Å²) in [6.45, 7) is 1.89. The largest absolute Gasteiger partial charge is 0.469 e. The molecule has 0 fully saturated rings. The first kappa shape index (κ1) is 10.3. The molecule has 0 N–H and O–H groups in total.